The zero-order chi connectivity index (χ0) is 11.7. The summed E-state index contributed by atoms with van der Waals surface area (Å²) in [5.41, 5.74) is 0.919. The summed E-state index contributed by atoms with van der Waals surface area (Å²) in [6, 6.07) is 6.19. The Bertz CT molecular complexity index is 573. The van der Waals surface area contributed by atoms with Gasteiger partial charge in [-0.05, 0) is 12.1 Å². The second-order valence-electron chi connectivity index (χ2n) is 3.28. The van der Waals surface area contributed by atoms with Crippen LogP contribution in [0.5, 0.6) is 0 Å². The number of fused-ring (bicyclic) bond motifs is 1. The molecule has 0 fully saturated rings. The van der Waals surface area contributed by atoms with Gasteiger partial charge in [0.25, 0.3) is 0 Å². The minimum atomic E-state index is -0.599. The van der Waals surface area contributed by atoms with Crippen LogP contribution in [-0.2, 0) is 4.79 Å². The topological polar surface area (TPSA) is 85.4 Å². The molecule has 1 N–H and O–H groups in total. The molecule has 6 heteroatoms. The molecular formula is C10H8N2O4. The minimum Gasteiger partial charge on any atom is -0.401 e. The van der Waals surface area contributed by atoms with E-state index in [2.05, 4.69) is 5.32 Å². The van der Waals surface area contributed by atoms with Gasteiger partial charge in [-0.3, -0.25) is 14.9 Å². The van der Waals surface area contributed by atoms with Crippen molar-refractivity contribution in [3.05, 3.63) is 34.4 Å². The van der Waals surface area contributed by atoms with Crippen molar-refractivity contribution in [3.8, 4) is 0 Å². The fraction of sp³-hybridized carbons (Fsp3) is 0.100. The predicted molar refractivity (Wildman–Crippen MR) is 57.2 cm³/mol. The van der Waals surface area contributed by atoms with E-state index in [4.69, 9.17) is 4.42 Å². The van der Waals surface area contributed by atoms with Crippen LogP contribution in [0.2, 0.25) is 0 Å². The highest BCUT2D eigenvalue weighted by Crippen LogP contribution is 2.26. The molecule has 2 rings (SSSR count). The molecule has 0 saturated heterocycles. The lowest BCUT2D eigenvalue weighted by Crippen LogP contribution is -2.05. The monoisotopic (exact) mass is 220 g/mol. The first kappa shape index (κ1) is 10.2. The largest absolute Gasteiger partial charge is 0.434 e. The van der Waals surface area contributed by atoms with Gasteiger partial charge in [0.2, 0.25) is 5.91 Å². The van der Waals surface area contributed by atoms with Gasteiger partial charge >= 0.3 is 5.88 Å². The number of nitro groups is 1. The number of benzene rings is 1. The van der Waals surface area contributed by atoms with Crippen molar-refractivity contribution < 1.29 is 14.1 Å². The van der Waals surface area contributed by atoms with Crippen LogP contribution in [0.4, 0.5) is 11.6 Å². The van der Waals surface area contributed by atoms with Gasteiger partial charge in [0, 0.05) is 24.1 Å². The van der Waals surface area contributed by atoms with Crippen LogP contribution in [0.25, 0.3) is 11.0 Å². The number of hydrogen-bond acceptors (Lipinski definition) is 4. The quantitative estimate of drug-likeness (QED) is 0.621. The summed E-state index contributed by atoms with van der Waals surface area (Å²) in [5, 5.41) is 13.7. The lowest BCUT2D eigenvalue weighted by molar-refractivity contribution is -0.401. The Balaban J connectivity index is 2.45. The molecule has 0 atom stereocenters. The number of anilines is 1. The summed E-state index contributed by atoms with van der Waals surface area (Å²) in [7, 11) is 0. The van der Waals surface area contributed by atoms with Crippen LogP contribution >= 0.6 is 0 Å². The second-order valence-corrected chi connectivity index (χ2v) is 3.28. The van der Waals surface area contributed by atoms with Crippen LogP contribution in [0, 0.1) is 10.1 Å². The highest BCUT2D eigenvalue weighted by Gasteiger charge is 2.13. The summed E-state index contributed by atoms with van der Waals surface area (Å²) in [5.74, 6) is -0.518. The van der Waals surface area contributed by atoms with Gasteiger partial charge in [0.05, 0.1) is 6.07 Å². The van der Waals surface area contributed by atoms with Gasteiger partial charge in [-0.1, -0.05) is 0 Å². The van der Waals surface area contributed by atoms with Gasteiger partial charge in [-0.2, -0.15) is 0 Å². The third-order valence-electron chi connectivity index (χ3n) is 2.01. The van der Waals surface area contributed by atoms with Crippen molar-refractivity contribution in [1.29, 1.82) is 0 Å². The molecule has 1 amide bonds. The fourth-order valence-corrected chi connectivity index (χ4v) is 1.39. The number of nitrogens with one attached hydrogen (secondary N) is 1. The Morgan fingerprint density at radius 3 is 2.81 bits per heavy atom. The molecule has 0 aliphatic heterocycles. The first-order chi connectivity index (χ1) is 7.56. The smallest absolute Gasteiger partial charge is 0.401 e. The van der Waals surface area contributed by atoms with E-state index in [0.717, 1.165) is 0 Å². The summed E-state index contributed by atoms with van der Waals surface area (Å²) in [6.07, 6.45) is 0. The molecule has 2 aromatic rings. The van der Waals surface area contributed by atoms with Crippen LogP contribution in [0.15, 0.2) is 28.7 Å². The summed E-state index contributed by atoms with van der Waals surface area (Å²) in [4.78, 5) is 20.7. The number of amides is 1. The van der Waals surface area contributed by atoms with E-state index >= 15 is 0 Å². The Morgan fingerprint density at radius 2 is 2.19 bits per heavy atom. The lowest BCUT2D eigenvalue weighted by Gasteiger charge is -1.99. The number of hydrogen-bond donors (Lipinski definition) is 1. The van der Waals surface area contributed by atoms with E-state index in [9.17, 15) is 14.9 Å². The molecular weight excluding hydrogens is 212 g/mol. The predicted octanol–water partition coefficient (Wildman–Crippen LogP) is 2.30. The minimum absolute atomic E-state index is 0.208. The molecule has 16 heavy (non-hydrogen) atoms. The van der Waals surface area contributed by atoms with E-state index < -0.39 is 4.92 Å². The molecule has 1 aromatic carbocycles. The molecule has 0 spiro atoms. The number of carbonyl (C=O) groups is 1. The SMILES string of the molecule is CC(=O)Nc1ccc2cc([N+](=O)[O-])oc2c1. The zero-order valence-electron chi connectivity index (χ0n) is 8.39. The van der Waals surface area contributed by atoms with E-state index in [-0.39, 0.29) is 11.8 Å². The van der Waals surface area contributed by atoms with Crippen LogP contribution in [0.1, 0.15) is 6.92 Å². The average Bonchev–Trinajstić information content (AvgIpc) is 2.59. The molecule has 0 bridgehead atoms. The average molecular weight is 220 g/mol. The summed E-state index contributed by atoms with van der Waals surface area (Å²) in [6.45, 7) is 1.38. The maximum absolute atomic E-state index is 10.8. The first-order valence-corrected chi connectivity index (χ1v) is 4.52. The Hall–Kier alpha value is -2.37. The van der Waals surface area contributed by atoms with E-state index in [1.807, 2.05) is 0 Å². The Kier molecular flexibility index (Phi) is 2.32. The van der Waals surface area contributed by atoms with E-state index in [0.29, 0.717) is 16.7 Å². The molecule has 82 valence electrons. The van der Waals surface area contributed by atoms with Crippen molar-refractivity contribution in [1.82, 2.24) is 0 Å². The maximum Gasteiger partial charge on any atom is 0.434 e. The Labute approximate surface area is 90.0 Å². The molecule has 0 aliphatic carbocycles. The molecule has 6 nitrogen and oxygen atoms in total. The molecule has 0 aliphatic rings. The van der Waals surface area contributed by atoms with Gasteiger partial charge in [-0.15, -0.1) is 0 Å². The number of rotatable bonds is 2. The summed E-state index contributed by atoms with van der Waals surface area (Å²) < 4.78 is 5.00. The van der Waals surface area contributed by atoms with Crippen molar-refractivity contribution in [3.63, 3.8) is 0 Å². The van der Waals surface area contributed by atoms with Crippen molar-refractivity contribution in [2.45, 2.75) is 6.92 Å². The maximum atomic E-state index is 10.8. The highest BCUT2D eigenvalue weighted by molar-refractivity contribution is 5.92. The van der Waals surface area contributed by atoms with Crippen molar-refractivity contribution >= 4 is 28.4 Å². The van der Waals surface area contributed by atoms with Gasteiger partial charge in [0.1, 0.15) is 10.5 Å². The third kappa shape index (κ3) is 1.85. The number of nitrogens with zero attached hydrogens (tertiary/aromatic N) is 1. The van der Waals surface area contributed by atoms with E-state index in [1.54, 1.807) is 18.2 Å². The molecule has 1 aromatic heterocycles. The third-order valence-corrected chi connectivity index (χ3v) is 2.01. The zero-order valence-corrected chi connectivity index (χ0v) is 8.39. The van der Waals surface area contributed by atoms with Gasteiger partial charge in [0.15, 0.2) is 0 Å². The van der Waals surface area contributed by atoms with Crippen LogP contribution in [0.3, 0.4) is 0 Å². The fourth-order valence-electron chi connectivity index (χ4n) is 1.39. The van der Waals surface area contributed by atoms with Crippen molar-refractivity contribution in [2.24, 2.45) is 0 Å². The number of furan rings is 1. The molecule has 0 unspecified atom stereocenters. The number of carbonyl (C=O) groups excluding carboxylic acids is 1. The summed E-state index contributed by atoms with van der Waals surface area (Å²) >= 11 is 0. The van der Waals surface area contributed by atoms with Crippen molar-refractivity contribution in [2.75, 3.05) is 5.32 Å². The van der Waals surface area contributed by atoms with E-state index in [1.165, 1.54) is 13.0 Å². The van der Waals surface area contributed by atoms with Gasteiger partial charge < -0.3 is 9.73 Å². The standard InChI is InChI=1S/C10H8N2O4/c1-6(13)11-8-3-2-7-4-10(12(14)15)16-9(7)5-8/h2-5H,1H3,(H,11,13). The van der Waals surface area contributed by atoms with Crippen LogP contribution in [-0.4, -0.2) is 10.8 Å². The highest BCUT2D eigenvalue weighted by atomic mass is 16.6. The molecule has 0 radical (unpaired) electrons. The molecule has 0 saturated carbocycles. The normalized spacial score (nSPS) is 10.3. The van der Waals surface area contributed by atoms with Gasteiger partial charge in [-0.25, -0.2) is 0 Å². The molecule has 1 heterocycles. The Morgan fingerprint density at radius 1 is 1.44 bits per heavy atom. The van der Waals surface area contributed by atoms with Crippen LogP contribution < -0.4 is 5.32 Å². The first-order valence-electron chi connectivity index (χ1n) is 4.52. The lowest BCUT2D eigenvalue weighted by atomic mass is 10.2. The second kappa shape index (κ2) is 3.65.